The molecule has 0 saturated heterocycles. The number of rotatable bonds is 6. The number of anilines is 1. The van der Waals surface area contributed by atoms with E-state index < -0.39 is 0 Å². The lowest BCUT2D eigenvalue weighted by Crippen LogP contribution is -2.04. The van der Waals surface area contributed by atoms with E-state index in [2.05, 4.69) is 34.2 Å². The van der Waals surface area contributed by atoms with Crippen molar-refractivity contribution in [1.82, 2.24) is 0 Å². The quantitative estimate of drug-likeness (QED) is 0.739. The Bertz CT molecular complexity index is 557. The van der Waals surface area contributed by atoms with Crippen LogP contribution in [0.2, 0.25) is 5.02 Å². The highest BCUT2D eigenvalue weighted by molar-refractivity contribution is 9.10. The zero-order chi connectivity index (χ0) is 14.4. The van der Waals surface area contributed by atoms with Gasteiger partial charge in [-0.3, -0.25) is 0 Å². The molecule has 0 aromatic heterocycles. The molecule has 1 N–H and O–H groups in total. The summed E-state index contributed by atoms with van der Waals surface area (Å²) < 4.78 is 6.82. The van der Waals surface area contributed by atoms with E-state index in [4.69, 9.17) is 16.3 Å². The predicted molar refractivity (Wildman–Crippen MR) is 88.7 cm³/mol. The maximum Gasteiger partial charge on any atom is 0.124 e. The molecule has 0 unspecified atom stereocenters. The normalized spacial score (nSPS) is 10.3. The third kappa shape index (κ3) is 4.43. The second kappa shape index (κ2) is 7.55. The van der Waals surface area contributed by atoms with Gasteiger partial charge >= 0.3 is 0 Å². The number of halogens is 2. The Labute approximate surface area is 133 Å². The van der Waals surface area contributed by atoms with Gasteiger partial charge in [-0.15, -0.1) is 0 Å². The van der Waals surface area contributed by atoms with E-state index in [9.17, 15) is 0 Å². The fourth-order valence-corrected chi connectivity index (χ4v) is 2.34. The molecule has 0 fully saturated rings. The van der Waals surface area contributed by atoms with Gasteiger partial charge in [0.25, 0.3) is 0 Å². The summed E-state index contributed by atoms with van der Waals surface area (Å²) in [7, 11) is 0. The van der Waals surface area contributed by atoms with Crippen molar-refractivity contribution >= 4 is 33.2 Å². The van der Waals surface area contributed by atoms with Crippen LogP contribution in [0.3, 0.4) is 0 Å². The molecule has 0 amide bonds. The lowest BCUT2D eigenvalue weighted by molar-refractivity contribution is 0.314. The largest absolute Gasteiger partial charge is 0.493 e. The lowest BCUT2D eigenvalue weighted by Gasteiger charge is -2.13. The molecular formula is C16H17BrClNO. The molecule has 2 aromatic carbocycles. The standard InChI is InChI=1S/C16H17BrClNO/c1-2-9-20-16-8-3-13(17)10-12(16)11-19-15-6-4-14(18)5-7-15/h3-8,10,19H,2,9,11H2,1H3. The minimum atomic E-state index is 0.708. The van der Waals surface area contributed by atoms with Gasteiger partial charge in [-0.2, -0.15) is 0 Å². The van der Waals surface area contributed by atoms with Gasteiger partial charge in [0.1, 0.15) is 5.75 Å². The molecule has 2 rings (SSSR count). The van der Waals surface area contributed by atoms with Crippen LogP contribution >= 0.6 is 27.5 Å². The molecule has 0 aliphatic carbocycles. The van der Waals surface area contributed by atoms with E-state index in [0.717, 1.165) is 39.5 Å². The van der Waals surface area contributed by atoms with Crippen LogP contribution in [0.4, 0.5) is 5.69 Å². The number of nitrogens with one attached hydrogen (secondary N) is 1. The minimum absolute atomic E-state index is 0.708. The summed E-state index contributed by atoms with van der Waals surface area (Å²) in [6.07, 6.45) is 1.00. The molecule has 0 spiro atoms. The highest BCUT2D eigenvalue weighted by atomic mass is 79.9. The first-order chi connectivity index (χ1) is 9.69. The first-order valence-electron chi connectivity index (χ1n) is 6.59. The molecule has 2 aromatic rings. The van der Waals surface area contributed by atoms with Crippen molar-refractivity contribution in [1.29, 1.82) is 0 Å². The summed E-state index contributed by atoms with van der Waals surface area (Å²) in [5, 5.41) is 4.11. The summed E-state index contributed by atoms with van der Waals surface area (Å²) in [6.45, 7) is 3.54. The van der Waals surface area contributed by atoms with Crippen LogP contribution in [0.1, 0.15) is 18.9 Å². The Kier molecular flexibility index (Phi) is 5.74. The average Bonchev–Trinajstić information content (AvgIpc) is 2.46. The van der Waals surface area contributed by atoms with Gasteiger partial charge in [-0.25, -0.2) is 0 Å². The van der Waals surface area contributed by atoms with E-state index in [-0.39, 0.29) is 0 Å². The molecule has 106 valence electrons. The molecule has 0 saturated carbocycles. The molecule has 0 radical (unpaired) electrons. The SMILES string of the molecule is CCCOc1ccc(Br)cc1CNc1ccc(Cl)cc1. The van der Waals surface area contributed by atoms with Gasteiger partial charge in [0.2, 0.25) is 0 Å². The van der Waals surface area contributed by atoms with E-state index >= 15 is 0 Å². The minimum Gasteiger partial charge on any atom is -0.493 e. The van der Waals surface area contributed by atoms with Crippen LogP contribution in [-0.4, -0.2) is 6.61 Å². The second-order valence-electron chi connectivity index (χ2n) is 4.46. The van der Waals surface area contributed by atoms with Crippen molar-refractivity contribution in [3.63, 3.8) is 0 Å². The van der Waals surface area contributed by atoms with Crippen molar-refractivity contribution in [2.45, 2.75) is 19.9 Å². The molecule has 0 aliphatic heterocycles. The fraction of sp³-hybridized carbons (Fsp3) is 0.250. The summed E-state index contributed by atoms with van der Waals surface area (Å²) in [4.78, 5) is 0. The van der Waals surface area contributed by atoms with E-state index in [1.165, 1.54) is 0 Å². The van der Waals surface area contributed by atoms with Crippen molar-refractivity contribution in [2.24, 2.45) is 0 Å². The summed E-state index contributed by atoms with van der Waals surface area (Å²) in [5.74, 6) is 0.927. The number of benzene rings is 2. The molecule has 2 nitrogen and oxygen atoms in total. The number of hydrogen-bond donors (Lipinski definition) is 1. The van der Waals surface area contributed by atoms with E-state index in [1.807, 2.05) is 36.4 Å². The average molecular weight is 355 g/mol. The maximum atomic E-state index is 5.88. The van der Waals surface area contributed by atoms with Crippen LogP contribution in [0.15, 0.2) is 46.9 Å². The maximum absolute atomic E-state index is 5.88. The molecule has 0 aliphatic rings. The van der Waals surface area contributed by atoms with Crippen LogP contribution in [0.25, 0.3) is 0 Å². The predicted octanol–water partition coefficient (Wildman–Crippen LogP) is 5.50. The van der Waals surface area contributed by atoms with Crippen molar-refractivity contribution < 1.29 is 4.74 Å². The van der Waals surface area contributed by atoms with Gasteiger partial charge in [0.05, 0.1) is 6.61 Å². The molecular weight excluding hydrogens is 338 g/mol. The first kappa shape index (κ1) is 15.2. The van der Waals surface area contributed by atoms with Crippen LogP contribution in [-0.2, 0) is 6.54 Å². The second-order valence-corrected chi connectivity index (χ2v) is 5.81. The Morgan fingerprint density at radius 2 is 1.90 bits per heavy atom. The van der Waals surface area contributed by atoms with E-state index in [0.29, 0.717) is 6.54 Å². The zero-order valence-electron chi connectivity index (χ0n) is 11.3. The van der Waals surface area contributed by atoms with Gasteiger partial charge in [0, 0.05) is 27.3 Å². The highest BCUT2D eigenvalue weighted by Crippen LogP contribution is 2.24. The molecule has 0 bridgehead atoms. The Hall–Kier alpha value is -1.19. The number of ether oxygens (including phenoxy) is 1. The smallest absolute Gasteiger partial charge is 0.124 e. The highest BCUT2D eigenvalue weighted by Gasteiger charge is 2.04. The topological polar surface area (TPSA) is 21.3 Å². The molecule has 0 atom stereocenters. The summed E-state index contributed by atoms with van der Waals surface area (Å²) in [6, 6.07) is 13.8. The van der Waals surface area contributed by atoms with Crippen LogP contribution < -0.4 is 10.1 Å². The number of hydrogen-bond acceptors (Lipinski definition) is 2. The molecule has 0 heterocycles. The lowest BCUT2D eigenvalue weighted by atomic mass is 10.2. The van der Waals surface area contributed by atoms with Gasteiger partial charge in [-0.05, 0) is 48.9 Å². The van der Waals surface area contributed by atoms with Crippen molar-refractivity contribution in [3.8, 4) is 5.75 Å². The third-order valence-corrected chi connectivity index (χ3v) is 3.56. The fourth-order valence-electron chi connectivity index (χ4n) is 1.80. The van der Waals surface area contributed by atoms with Gasteiger partial charge in [0.15, 0.2) is 0 Å². The van der Waals surface area contributed by atoms with Crippen molar-refractivity contribution in [3.05, 3.63) is 57.5 Å². The molecule has 20 heavy (non-hydrogen) atoms. The Morgan fingerprint density at radius 1 is 1.15 bits per heavy atom. The van der Waals surface area contributed by atoms with Gasteiger partial charge in [-0.1, -0.05) is 34.5 Å². The zero-order valence-corrected chi connectivity index (χ0v) is 13.7. The monoisotopic (exact) mass is 353 g/mol. The summed E-state index contributed by atoms with van der Waals surface area (Å²) >= 11 is 9.38. The van der Waals surface area contributed by atoms with Crippen LogP contribution in [0.5, 0.6) is 5.75 Å². The first-order valence-corrected chi connectivity index (χ1v) is 7.77. The third-order valence-electron chi connectivity index (χ3n) is 2.81. The van der Waals surface area contributed by atoms with Crippen LogP contribution in [0, 0.1) is 0 Å². The Morgan fingerprint density at radius 3 is 2.60 bits per heavy atom. The van der Waals surface area contributed by atoms with Crippen molar-refractivity contribution in [2.75, 3.05) is 11.9 Å². The Balaban J connectivity index is 2.07. The van der Waals surface area contributed by atoms with E-state index in [1.54, 1.807) is 0 Å². The summed E-state index contributed by atoms with van der Waals surface area (Å²) in [5.41, 5.74) is 2.17. The molecule has 4 heteroatoms. The van der Waals surface area contributed by atoms with Gasteiger partial charge < -0.3 is 10.1 Å².